The summed E-state index contributed by atoms with van der Waals surface area (Å²) >= 11 is 4.77. The van der Waals surface area contributed by atoms with Gasteiger partial charge >= 0.3 is 7.12 Å². The molecule has 2 rings (SSSR count). The summed E-state index contributed by atoms with van der Waals surface area (Å²) in [5.74, 6) is -0.269. The highest BCUT2D eigenvalue weighted by atomic mass is 79.9. The van der Waals surface area contributed by atoms with Gasteiger partial charge in [-0.15, -0.1) is 11.8 Å². The molecule has 0 aromatic heterocycles. The van der Waals surface area contributed by atoms with Gasteiger partial charge in [-0.05, 0) is 46.1 Å². The smallest absolute Gasteiger partial charge is 0.399 e. The predicted molar refractivity (Wildman–Crippen MR) is 81.6 cm³/mol. The maximum Gasteiger partial charge on any atom is 0.497 e. The van der Waals surface area contributed by atoms with Crippen molar-refractivity contribution in [1.82, 2.24) is 0 Å². The van der Waals surface area contributed by atoms with Gasteiger partial charge in [0.05, 0.1) is 11.2 Å². The first-order chi connectivity index (χ1) is 8.68. The van der Waals surface area contributed by atoms with Crippen LogP contribution >= 0.6 is 27.7 Å². The van der Waals surface area contributed by atoms with Crippen LogP contribution in [0.2, 0.25) is 0 Å². The Labute approximate surface area is 126 Å². The zero-order valence-corrected chi connectivity index (χ0v) is 14.1. The topological polar surface area (TPSA) is 18.5 Å². The van der Waals surface area contributed by atoms with E-state index in [1.807, 2.05) is 34.0 Å². The Hall–Kier alpha value is -0.0351. The highest BCUT2D eigenvalue weighted by molar-refractivity contribution is 9.10. The van der Waals surface area contributed by atoms with Gasteiger partial charge in [0.1, 0.15) is 5.82 Å². The summed E-state index contributed by atoms with van der Waals surface area (Å²) in [4.78, 5) is 0.582. The molecule has 0 saturated carbocycles. The summed E-state index contributed by atoms with van der Waals surface area (Å²) in [6.07, 6.45) is 1.85. The molecule has 6 heteroatoms. The molecule has 0 aliphatic carbocycles. The summed E-state index contributed by atoms with van der Waals surface area (Å²) in [6, 6.07) is 3.48. The van der Waals surface area contributed by atoms with E-state index in [9.17, 15) is 4.39 Å². The number of thioether (sulfide) groups is 1. The lowest BCUT2D eigenvalue weighted by molar-refractivity contribution is 0.00578. The standard InChI is InChI=1S/C13H17BBrFO2S/c1-12(2)13(3,4)18-14(17-12)9-6-8(15)7-10(19-5)11(9)16/h6-7H,1-5H3. The van der Waals surface area contributed by atoms with Crippen molar-refractivity contribution >= 4 is 40.3 Å². The molecule has 0 amide bonds. The van der Waals surface area contributed by atoms with Gasteiger partial charge in [0.25, 0.3) is 0 Å². The average molecular weight is 347 g/mol. The molecule has 1 aliphatic rings. The molecule has 0 N–H and O–H groups in total. The number of rotatable bonds is 2. The maximum absolute atomic E-state index is 14.4. The molecule has 0 radical (unpaired) electrons. The fourth-order valence-corrected chi connectivity index (χ4v) is 3.04. The second-order valence-corrected chi connectivity index (χ2v) is 7.36. The molecular weight excluding hydrogens is 330 g/mol. The monoisotopic (exact) mass is 346 g/mol. The molecular formula is C13H17BBrFO2S. The first kappa shape index (κ1) is 15.4. The predicted octanol–water partition coefficient (Wildman–Crippen LogP) is 3.61. The minimum atomic E-state index is -0.673. The van der Waals surface area contributed by atoms with Crippen molar-refractivity contribution in [2.75, 3.05) is 6.26 Å². The van der Waals surface area contributed by atoms with E-state index in [-0.39, 0.29) is 5.82 Å². The van der Waals surface area contributed by atoms with E-state index in [4.69, 9.17) is 9.31 Å². The summed E-state index contributed by atoms with van der Waals surface area (Å²) < 4.78 is 27.0. The van der Waals surface area contributed by atoms with Crippen molar-refractivity contribution in [1.29, 1.82) is 0 Å². The molecule has 104 valence electrons. The van der Waals surface area contributed by atoms with Crippen LogP contribution in [0, 0.1) is 5.82 Å². The number of benzene rings is 1. The summed E-state index contributed by atoms with van der Waals surface area (Å²) in [6.45, 7) is 7.83. The first-order valence-electron chi connectivity index (χ1n) is 6.06. The van der Waals surface area contributed by atoms with Crippen LogP contribution in [0.5, 0.6) is 0 Å². The first-order valence-corrected chi connectivity index (χ1v) is 8.08. The lowest BCUT2D eigenvalue weighted by Crippen LogP contribution is -2.41. The Morgan fingerprint density at radius 1 is 1.16 bits per heavy atom. The van der Waals surface area contributed by atoms with E-state index < -0.39 is 18.3 Å². The molecule has 1 fully saturated rings. The number of hydrogen-bond donors (Lipinski definition) is 0. The van der Waals surface area contributed by atoms with Crippen LogP contribution in [0.4, 0.5) is 4.39 Å². The Balaban J connectivity index is 2.42. The van der Waals surface area contributed by atoms with Gasteiger partial charge in [-0.3, -0.25) is 0 Å². The van der Waals surface area contributed by atoms with Crippen molar-refractivity contribution in [3.63, 3.8) is 0 Å². The van der Waals surface area contributed by atoms with E-state index in [0.717, 1.165) is 4.47 Å². The molecule has 19 heavy (non-hydrogen) atoms. The third kappa shape index (κ3) is 2.73. The highest BCUT2D eigenvalue weighted by Crippen LogP contribution is 2.37. The number of hydrogen-bond acceptors (Lipinski definition) is 3. The lowest BCUT2D eigenvalue weighted by atomic mass is 9.79. The molecule has 0 atom stereocenters. The van der Waals surface area contributed by atoms with Crippen molar-refractivity contribution in [2.45, 2.75) is 43.8 Å². The van der Waals surface area contributed by atoms with Crippen LogP contribution in [0.3, 0.4) is 0 Å². The second kappa shape index (κ2) is 5.06. The van der Waals surface area contributed by atoms with E-state index in [1.54, 1.807) is 12.1 Å². The quantitative estimate of drug-likeness (QED) is 0.602. The van der Waals surface area contributed by atoms with Crippen LogP contribution in [0.25, 0.3) is 0 Å². The van der Waals surface area contributed by atoms with E-state index >= 15 is 0 Å². The van der Waals surface area contributed by atoms with Crippen LogP contribution in [-0.2, 0) is 9.31 Å². The summed E-state index contributed by atoms with van der Waals surface area (Å²) in [5.41, 5.74) is -0.491. The van der Waals surface area contributed by atoms with Crippen LogP contribution < -0.4 is 5.46 Å². The van der Waals surface area contributed by atoms with E-state index in [0.29, 0.717) is 10.4 Å². The highest BCUT2D eigenvalue weighted by Gasteiger charge is 2.52. The van der Waals surface area contributed by atoms with Gasteiger partial charge in [0, 0.05) is 14.8 Å². The molecule has 1 aliphatic heterocycles. The molecule has 1 saturated heterocycles. The van der Waals surface area contributed by atoms with E-state index in [2.05, 4.69) is 15.9 Å². The zero-order chi connectivity index (χ0) is 14.4. The van der Waals surface area contributed by atoms with Gasteiger partial charge < -0.3 is 9.31 Å². The summed E-state index contributed by atoms with van der Waals surface area (Å²) in [7, 11) is -0.673. The fraction of sp³-hybridized carbons (Fsp3) is 0.538. The molecule has 0 spiro atoms. The van der Waals surface area contributed by atoms with Crippen LogP contribution in [-0.4, -0.2) is 24.6 Å². The van der Waals surface area contributed by atoms with Gasteiger partial charge in [-0.1, -0.05) is 15.9 Å². The second-order valence-electron chi connectivity index (χ2n) is 5.60. The van der Waals surface area contributed by atoms with Crippen molar-refractivity contribution in [2.24, 2.45) is 0 Å². The minimum Gasteiger partial charge on any atom is -0.399 e. The lowest BCUT2D eigenvalue weighted by Gasteiger charge is -2.32. The molecule has 1 aromatic rings. The van der Waals surface area contributed by atoms with Gasteiger partial charge in [-0.25, -0.2) is 4.39 Å². The van der Waals surface area contributed by atoms with Gasteiger partial charge in [-0.2, -0.15) is 0 Å². The SMILES string of the molecule is CSc1cc(Br)cc(B2OC(C)(C)C(C)(C)O2)c1F. The summed E-state index contributed by atoms with van der Waals surface area (Å²) in [5, 5.41) is 0. The van der Waals surface area contributed by atoms with Crippen LogP contribution in [0.1, 0.15) is 27.7 Å². The number of halogens is 2. The largest absolute Gasteiger partial charge is 0.497 e. The average Bonchev–Trinajstić information content (AvgIpc) is 2.50. The molecule has 0 unspecified atom stereocenters. The maximum atomic E-state index is 14.4. The zero-order valence-electron chi connectivity index (χ0n) is 11.7. The van der Waals surface area contributed by atoms with Crippen LogP contribution in [0.15, 0.2) is 21.5 Å². The Kier molecular flexibility index (Phi) is 4.09. The third-order valence-corrected chi connectivity index (χ3v) is 4.95. The van der Waals surface area contributed by atoms with Crippen molar-refractivity contribution in [3.8, 4) is 0 Å². The van der Waals surface area contributed by atoms with Gasteiger partial charge in [0.15, 0.2) is 0 Å². The normalized spacial score (nSPS) is 20.9. The third-order valence-electron chi connectivity index (χ3n) is 3.76. The molecule has 0 bridgehead atoms. The van der Waals surface area contributed by atoms with E-state index in [1.165, 1.54) is 11.8 Å². The Morgan fingerprint density at radius 2 is 1.68 bits per heavy atom. The van der Waals surface area contributed by atoms with Gasteiger partial charge in [0.2, 0.25) is 0 Å². The molecule has 2 nitrogen and oxygen atoms in total. The Bertz CT molecular complexity index is 492. The fourth-order valence-electron chi connectivity index (χ4n) is 1.87. The molecule has 1 heterocycles. The minimum absolute atomic E-state index is 0.269. The Morgan fingerprint density at radius 3 is 2.16 bits per heavy atom. The van der Waals surface area contributed by atoms with Crippen molar-refractivity contribution in [3.05, 3.63) is 22.4 Å². The van der Waals surface area contributed by atoms with Crippen molar-refractivity contribution < 1.29 is 13.7 Å². The molecule has 1 aromatic carbocycles.